The van der Waals surface area contributed by atoms with Gasteiger partial charge in [-0.1, -0.05) is 12.2 Å². The van der Waals surface area contributed by atoms with Gasteiger partial charge < -0.3 is 10.5 Å². The molecule has 2 rings (SSSR count). The summed E-state index contributed by atoms with van der Waals surface area (Å²) in [4.78, 5) is 0.376. The molecular formula is C12H12BrN3OS. The molecule has 6 heteroatoms. The molecule has 0 aliphatic carbocycles. The monoisotopic (exact) mass is 325 g/mol. The van der Waals surface area contributed by atoms with Crippen molar-refractivity contribution >= 4 is 33.1 Å². The fourth-order valence-corrected chi connectivity index (χ4v) is 2.11. The third-order valence-electron chi connectivity index (χ3n) is 2.50. The van der Waals surface area contributed by atoms with Crippen LogP contribution in [0.4, 0.5) is 0 Å². The summed E-state index contributed by atoms with van der Waals surface area (Å²) in [5.74, 6) is 0.793. The van der Waals surface area contributed by atoms with Gasteiger partial charge in [0, 0.05) is 17.3 Å². The molecule has 0 aliphatic rings. The van der Waals surface area contributed by atoms with E-state index in [1.807, 2.05) is 29.1 Å². The van der Waals surface area contributed by atoms with Gasteiger partial charge in [-0.25, -0.2) is 0 Å². The summed E-state index contributed by atoms with van der Waals surface area (Å²) in [6.07, 6.45) is 3.64. The first kappa shape index (κ1) is 13.0. The van der Waals surface area contributed by atoms with Crippen LogP contribution in [0.15, 0.2) is 35.1 Å². The SMILES string of the molecule is COc1ccc(C(N)=S)cc1Cn1cc(Br)cn1. The van der Waals surface area contributed by atoms with Gasteiger partial charge in [0.1, 0.15) is 10.7 Å². The van der Waals surface area contributed by atoms with Gasteiger partial charge in [0.15, 0.2) is 0 Å². The molecule has 0 fully saturated rings. The Morgan fingerprint density at radius 1 is 1.56 bits per heavy atom. The zero-order valence-corrected chi connectivity index (χ0v) is 12.2. The van der Waals surface area contributed by atoms with Crippen LogP contribution in [0.5, 0.6) is 5.75 Å². The Morgan fingerprint density at radius 2 is 2.33 bits per heavy atom. The van der Waals surface area contributed by atoms with E-state index in [2.05, 4.69) is 21.0 Å². The minimum atomic E-state index is 0.376. The number of methoxy groups -OCH3 is 1. The molecule has 0 saturated carbocycles. The summed E-state index contributed by atoms with van der Waals surface area (Å²) in [6.45, 7) is 0.602. The third kappa shape index (κ3) is 2.88. The fraction of sp³-hybridized carbons (Fsp3) is 0.167. The highest BCUT2D eigenvalue weighted by molar-refractivity contribution is 9.10. The lowest BCUT2D eigenvalue weighted by Crippen LogP contribution is -2.11. The first-order valence-corrected chi connectivity index (χ1v) is 6.45. The molecule has 0 aliphatic heterocycles. The molecule has 1 aromatic carbocycles. The number of aromatic nitrogens is 2. The highest BCUT2D eigenvalue weighted by atomic mass is 79.9. The van der Waals surface area contributed by atoms with Crippen LogP contribution >= 0.6 is 28.1 Å². The minimum Gasteiger partial charge on any atom is -0.496 e. The largest absolute Gasteiger partial charge is 0.496 e. The first-order valence-electron chi connectivity index (χ1n) is 5.25. The van der Waals surface area contributed by atoms with Crippen molar-refractivity contribution in [2.45, 2.75) is 6.54 Å². The van der Waals surface area contributed by atoms with E-state index < -0.39 is 0 Å². The van der Waals surface area contributed by atoms with Gasteiger partial charge >= 0.3 is 0 Å². The lowest BCUT2D eigenvalue weighted by atomic mass is 10.1. The topological polar surface area (TPSA) is 53.1 Å². The smallest absolute Gasteiger partial charge is 0.123 e. The predicted octanol–water partition coefficient (Wildman–Crippen LogP) is 2.34. The summed E-state index contributed by atoms with van der Waals surface area (Å²) in [5.41, 5.74) is 7.44. The number of halogens is 1. The maximum atomic E-state index is 5.63. The van der Waals surface area contributed by atoms with Gasteiger partial charge in [0.05, 0.1) is 24.3 Å². The van der Waals surface area contributed by atoms with Crippen molar-refractivity contribution in [3.05, 3.63) is 46.2 Å². The standard InChI is InChI=1S/C12H12BrN3OS/c1-17-11-3-2-8(12(14)18)4-9(11)6-16-7-10(13)5-15-16/h2-5,7H,6H2,1H3,(H2,14,18). The van der Waals surface area contributed by atoms with Crippen LogP contribution in [0.1, 0.15) is 11.1 Å². The molecule has 0 saturated heterocycles. The second kappa shape index (κ2) is 5.49. The number of thiocarbonyl (C=S) groups is 1. The van der Waals surface area contributed by atoms with Crippen LogP contribution < -0.4 is 10.5 Å². The van der Waals surface area contributed by atoms with Crippen molar-refractivity contribution in [1.29, 1.82) is 0 Å². The van der Waals surface area contributed by atoms with Crippen molar-refractivity contribution in [1.82, 2.24) is 9.78 Å². The summed E-state index contributed by atoms with van der Waals surface area (Å²) in [6, 6.07) is 5.64. The number of hydrogen-bond donors (Lipinski definition) is 1. The molecule has 18 heavy (non-hydrogen) atoms. The number of ether oxygens (including phenoxy) is 1. The predicted molar refractivity (Wildman–Crippen MR) is 77.9 cm³/mol. The molecule has 0 atom stereocenters. The highest BCUT2D eigenvalue weighted by Gasteiger charge is 2.07. The molecule has 0 unspecified atom stereocenters. The van der Waals surface area contributed by atoms with Crippen LogP contribution in [0.25, 0.3) is 0 Å². The van der Waals surface area contributed by atoms with E-state index >= 15 is 0 Å². The van der Waals surface area contributed by atoms with Gasteiger partial charge in [-0.05, 0) is 34.1 Å². The lowest BCUT2D eigenvalue weighted by Gasteiger charge is -2.10. The maximum absolute atomic E-state index is 5.63. The van der Waals surface area contributed by atoms with Crippen LogP contribution in [0.3, 0.4) is 0 Å². The van der Waals surface area contributed by atoms with Crippen molar-refractivity contribution in [2.24, 2.45) is 5.73 Å². The molecule has 0 bridgehead atoms. The quantitative estimate of drug-likeness (QED) is 0.876. The number of benzene rings is 1. The molecule has 0 spiro atoms. The Balaban J connectivity index is 2.35. The van der Waals surface area contributed by atoms with E-state index in [-0.39, 0.29) is 0 Å². The van der Waals surface area contributed by atoms with Crippen LogP contribution in [0.2, 0.25) is 0 Å². The third-order valence-corrected chi connectivity index (χ3v) is 3.14. The van der Waals surface area contributed by atoms with Crippen LogP contribution in [-0.4, -0.2) is 21.9 Å². The summed E-state index contributed by atoms with van der Waals surface area (Å²) >= 11 is 8.34. The first-order chi connectivity index (χ1) is 8.60. The fourth-order valence-electron chi connectivity index (χ4n) is 1.65. The number of nitrogens with two attached hydrogens (primary N) is 1. The second-order valence-corrected chi connectivity index (χ2v) is 5.10. The Labute approximate surface area is 119 Å². The van der Waals surface area contributed by atoms with Crippen molar-refractivity contribution in [2.75, 3.05) is 7.11 Å². The summed E-state index contributed by atoms with van der Waals surface area (Å²) in [7, 11) is 1.64. The average Bonchev–Trinajstić information content (AvgIpc) is 2.74. The normalized spacial score (nSPS) is 10.3. The van der Waals surface area contributed by atoms with Gasteiger partial charge in [-0.3, -0.25) is 4.68 Å². The van der Waals surface area contributed by atoms with Crippen LogP contribution in [-0.2, 0) is 6.54 Å². The molecule has 0 radical (unpaired) electrons. The van der Waals surface area contributed by atoms with Crippen molar-refractivity contribution in [3.8, 4) is 5.75 Å². The minimum absolute atomic E-state index is 0.376. The van der Waals surface area contributed by atoms with Crippen molar-refractivity contribution < 1.29 is 4.74 Å². The Kier molecular flexibility index (Phi) is 3.98. The zero-order valence-electron chi connectivity index (χ0n) is 9.76. The molecule has 0 amide bonds. The van der Waals surface area contributed by atoms with Gasteiger partial charge in [-0.2, -0.15) is 5.10 Å². The Bertz CT molecular complexity index is 582. The number of hydrogen-bond acceptors (Lipinski definition) is 3. The lowest BCUT2D eigenvalue weighted by molar-refractivity contribution is 0.407. The van der Waals surface area contributed by atoms with Gasteiger partial charge in [-0.15, -0.1) is 0 Å². The van der Waals surface area contributed by atoms with Gasteiger partial charge in [0.25, 0.3) is 0 Å². The van der Waals surface area contributed by atoms with E-state index in [4.69, 9.17) is 22.7 Å². The molecule has 94 valence electrons. The molecule has 2 N–H and O–H groups in total. The molecule has 1 heterocycles. The van der Waals surface area contributed by atoms with Gasteiger partial charge in [0.2, 0.25) is 0 Å². The highest BCUT2D eigenvalue weighted by Crippen LogP contribution is 2.21. The van der Waals surface area contributed by atoms with E-state index in [0.717, 1.165) is 21.3 Å². The number of rotatable bonds is 4. The number of nitrogens with zero attached hydrogens (tertiary/aromatic N) is 2. The molecule has 2 aromatic rings. The maximum Gasteiger partial charge on any atom is 0.123 e. The van der Waals surface area contributed by atoms with Crippen molar-refractivity contribution in [3.63, 3.8) is 0 Å². The van der Waals surface area contributed by atoms with E-state index in [1.165, 1.54) is 0 Å². The second-order valence-electron chi connectivity index (χ2n) is 3.75. The molecule has 4 nitrogen and oxygen atoms in total. The molecular weight excluding hydrogens is 314 g/mol. The van der Waals surface area contributed by atoms with E-state index in [1.54, 1.807) is 13.3 Å². The van der Waals surface area contributed by atoms with E-state index in [0.29, 0.717) is 11.5 Å². The van der Waals surface area contributed by atoms with E-state index in [9.17, 15) is 0 Å². The Hall–Kier alpha value is -1.40. The summed E-state index contributed by atoms with van der Waals surface area (Å²) < 4.78 is 8.07. The Morgan fingerprint density at radius 3 is 2.89 bits per heavy atom. The molecule has 1 aromatic heterocycles. The average molecular weight is 326 g/mol. The zero-order chi connectivity index (χ0) is 13.1. The summed E-state index contributed by atoms with van der Waals surface area (Å²) in [5, 5.41) is 4.21. The van der Waals surface area contributed by atoms with Crippen LogP contribution in [0, 0.1) is 0 Å².